The van der Waals surface area contributed by atoms with Crippen LogP contribution >= 0.6 is 45.9 Å². The molecule has 5 aromatic heterocycles. The first-order chi connectivity index (χ1) is 27.0. The van der Waals surface area contributed by atoms with Crippen molar-refractivity contribution in [3.63, 3.8) is 0 Å². The van der Waals surface area contributed by atoms with Crippen LogP contribution in [-0.2, 0) is 19.4 Å². The molecule has 7 heterocycles. The largest absolute Gasteiger partial charge is 0.491 e. The molecule has 0 saturated carbocycles. The van der Waals surface area contributed by atoms with E-state index in [2.05, 4.69) is 20.1 Å². The van der Waals surface area contributed by atoms with Crippen LogP contribution in [0.4, 0.5) is 17.6 Å². The maximum atomic E-state index is 14.3. The number of fused-ring (bicyclic) bond motifs is 6. The Labute approximate surface area is 334 Å². The van der Waals surface area contributed by atoms with E-state index in [4.69, 9.17) is 44.1 Å². The molecular weight excluding hydrogens is 813 g/mol. The van der Waals surface area contributed by atoms with Crippen molar-refractivity contribution < 1.29 is 31.8 Å². The summed E-state index contributed by atoms with van der Waals surface area (Å²) in [5, 5.41) is 4.90. The van der Waals surface area contributed by atoms with Gasteiger partial charge in [-0.05, 0) is 65.7 Å². The van der Waals surface area contributed by atoms with Crippen molar-refractivity contribution in [2.75, 3.05) is 13.2 Å². The summed E-state index contributed by atoms with van der Waals surface area (Å²) >= 11 is 14.8. The summed E-state index contributed by atoms with van der Waals surface area (Å²) in [5.41, 5.74) is 14.3. The summed E-state index contributed by atoms with van der Waals surface area (Å²) in [4.78, 5) is 27.4. The molecule has 56 heavy (non-hydrogen) atoms. The van der Waals surface area contributed by atoms with E-state index in [1.165, 1.54) is 57.9 Å². The van der Waals surface area contributed by atoms with Crippen LogP contribution in [0, 0.1) is 23.3 Å². The first-order valence-corrected chi connectivity index (χ1v) is 19.0. The smallest absolute Gasteiger partial charge is 0.258 e. The first-order valence-electron chi connectivity index (χ1n) is 16.6. The van der Waals surface area contributed by atoms with Crippen molar-refractivity contribution >= 4 is 51.8 Å². The molecule has 18 heteroatoms. The second kappa shape index (κ2) is 16.8. The number of hydrogen-bond donors (Lipinski definition) is 2. The third-order valence-electron chi connectivity index (χ3n) is 8.34. The molecule has 0 fully saturated rings. The highest BCUT2D eigenvalue weighted by Crippen LogP contribution is 2.43. The van der Waals surface area contributed by atoms with E-state index in [0.29, 0.717) is 69.1 Å². The average Bonchev–Trinajstić information content (AvgIpc) is 3.88. The van der Waals surface area contributed by atoms with Crippen molar-refractivity contribution in [2.24, 2.45) is 11.5 Å². The zero-order valence-corrected chi connectivity index (χ0v) is 31.9. The van der Waals surface area contributed by atoms with Crippen LogP contribution in [0.3, 0.4) is 0 Å². The number of nitrogens with two attached hydrogens (primary N) is 2. The van der Waals surface area contributed by atoms with Gasteiger partial charge in [0.15, 0.2) is 11.6 Å². The number of benzene rings is 2. The highest BCUT2D eigenvalue weighted by Gasteiger charge is 2.24. The van der Waals surface area contributed by atoms with Crippen molar-refractivity contribution in [3.05, 3.63) is 134 Å². The topological polar surface area (TPSA) is 144 Å². The Kier molecular flexibility index (Phi) is 11.6. The van der Waals surface area contributed by atoms with Crippen molar-refractivity contribution in [1.29, 1.82) is 0 Å². The number of nitrogens with zero attached hydrogens (tertiary/aromatic N) is 5. The minimum atomic E-state index is -0.711. The lowest BCUT2D eigenvalue weighted by Gasteiger charge is -2.07. The minimum Gasteiger partial charge on any atom is -0.491 e. The SMILES string of the molecule is Fc1ccc(-n2ncnc2-c2cc3c(s2)-c2nc(Cl)ccc2OCC3)c(F)c1.NC(=O)c1cc2c(s1)-c1nc(Cl)ccc1OCC2.NCc1ccc(F)cc1F. The highest BCUT2D eigenvalue weighted by atomic mass is 35.5. The van der Waals surface area contributed by atoms with E-state index in [1.54, 1.807) is 24.3 Å². The molecule has 10 nitrogen and oxygen atoms in total. The Morgan fingerprint density at radius 1 is 0.768 bits per heavy atom. The summed E-state index contributed by atoms with van der Waals surface area (Å²) in [6.07, 6.45) is 2.77. The number of aromatic nitrogens is 5. The lowest BCUT2D eigenvalue weighted by atomic mass is 10.1. The number of thiophene rings is 2. The number of primary amides is 1. The molecule has 2 aromatic carbocycles. The standard InChI is InChI=1S/C19H11ClF2N4OS.C12H9ClN2O2S.C7H7F2N/c20-16-4-3-14-17(25-16)18-10(5-6-27-14)7-15(28-18)19-23-9-24-26(19)13-2-1-11(21)8-12(13)22;13-9-2-1-7-10(15-9)11-6(3-4-17-7)5-8(18-11)12(14)16;8-6-2-1-5(4-10)7(9)3-6/h1-4,7-9H,5-6H2;1-2,5H,3-4H2,(H2,14,16);1-3H,4,10H2. The first kappa shape index (κ1) is 38.9. The second-order valence-corrected chi connectivity index (χ2v) is 14.9. The van der Waals surface area contributed by atoms with Gasteiger partial charge in [-0.25, -0.2) is 37.2 Å². The third-order valence-corrected chi connectivity index (χ3v) is 11.1. The normalized spacial score (nSPS) is 12.4. The molecular formula is C38H27Cl2F4N7O3S2. The van der Waals surface area contributed by atoms with Gasteiger partial charge >= 0.3 is 0 Å². The minimum absolute atomic E-state index is 0.103. The predicted octanol–water partition coefficient (Wildman–Crippen LogP) is 8.85. The maximum absolute atomic E-state index is 14.3. The number of halogens is 6. The van der Waals surface area contributed by atoms with Gasteiger partial charge in [-0.3, -0.25) is 4.79 Å². The summed E-state index contributed by atoms with van der Waals surface area (Å²) < 4.78 is 65.0. The average molecular weight is 841 g/mol. The van der Waals surface area contributed by atoms with Crippen LogP contribution in [0.2, 0.25) is 10.3 Å². The van der Waals surface area contributed by atoms with E-state index < -0.39 is 29.2 Å². The summed E-state index contributed by atoms with van der Waals surface area (Å²) in [5.74, 6) is -1.11. The molecule has 0 aliphatic carbocycles. The number of ether oxygens (including phenoxy) is 2. The fourth-order valence-corrected chi connectivity index (χ4v) is 8.27. The van der Waals surface area contributed by atoms with Gasteiger partial charge in [-0.1, -0.05) is 29.3 Å². The molecule has 9 rings (SSSR count). The summed E-state index contributed by atoms with van der Waals surface area (Å²) in [6.45, 7) is 1.17. The molecule has 2 aliphatic rings. The van der Waals surface area contributed by atoms with E-state index in [1.807, 2.05) is 12.1 Å². The number of amides is 1. The molecule has 0 radical (unpaired) electrons. The number of hydrogen-bond acceptors (Lipinski definition) is 10. The Bertz CT molecular complexity index is 2580. The number of rotatable bonds is 4. The van der Waals surface area contributed by atoms with Crippen molar-refractivity contribution in [1.82, 2.24) is 24.7 Å². The van der Waals surface area contributed by atoms with E-state index in [9.17, 15) is 22.4 Å². The van der Waals surface area contributed by atoms with Crippen LogP contribution in [0.1, 0.15) is 26.4 Å². The lowest BCUT2D eigenvalue weighted by Crippen LogP contribution is -2.08. The predicted molar refractivity (Wildman–Crippen MR) is 207 cm³/mol. The monoisotopic (exact) mass is 839 g/mol. The number of pyridine rings is 2. The quantitative estimate of drug-likeness (QED) is 0.132. The molecule has 1 amide bonds. The third kappa shape index (κ3) is 8.39. The molecule has 286 valence electrons. The molecule has 0 spiro atoms. The van der Waals surface area contributed by atoms with E-state index in [0.717, 1.165) is 44.3 Å². The zero-order chi connectivity index (χ0) is 39.5. The Balaban J connectivity index is 0.000000146. The molecule has 7 aromatic rings. The number of carbonyl (C=O) groups is 1. The molecule has 0 saturated heterocycles. The van der Waals surface area contributed by atoms with E-state index >= 15 is 0 Å². The van der Waals surface area contributed by atoms with E-state index in [-0.39, 0.29) is 12.2 Å². The fraction of sp³-hybridized carbons (Fsp3) is 0.132. The van der Waals surface area contributed by atoms with Gasteiger partial charge in [0.1, 0.15) is 62.7 Å². The van der Waals surface area contributed by atoms with Crippen LogP contribution < -0.4 is 20.9 Å². The fourth-order valence-electron chi connectivity index (χ4n) is 5.73. The Hall–Kier alpha value is -5.39. The van der Waals surface area contributed by atoms with Crippen LogP contribution in [0.25, 0.3) is 37.5 Å². The van der Waals surface area contributed by atoms with Gasteiger partial charge in [-0.15, -0.1) is 22.7 Å². The molecule has 0 unspecified atom stereocenters. The van der Waals surface area contributed by atoms with Crippen molar-refractivity contribution in [2.45, 2.75) is 19.4 Å². The van der Waals surface area contributed by atoms with Crippen LogP contribution in [0.5, 0.6) is 11.5 Å². The van der Waals surface area contributed by atoms with Gasteiger partial charge in [0.05, 0.1) is 32.7 Å². The maximum Gasteiger partial charge on any atom is 0.258 e. The van der Waals surface area contributed by atoms with Gasteiger partial charge in [-0.2, -0.15) is 5.10 Å². The molecule has 2 aliphatic heterocycles. The Morgan fingerprint density at radius 3 is 1.95 bits per heavy atom. The van der Waals surface area contributed by atoms with Gasteiger partial charge < -0.3 is 20.9 Å². The highest BCUT2D eigenvalue weighted by molar-refractivity contribution is 7.19. The van der Waals surface area contributed by atoms with Crippen LogP contribution in [-0.4, -0.2) is 43.9 Å². The molecule has 4 N–H and O–H groups in total. The zero-order valence-electron chi connectivity index (χ0n) is 28.7. The van der Waals surface area contributed by atoms with Gasteiger partial charge in [0, 0.05) is 37.1 Å². The Morgan fingerprint density at radius 2 is 1.36 bits per heavy atom. The van der Waals surface area contributed by atoms with Crippen molar-refractivity contribution in [3.8, 4) is 49.0 Å². The summed E-state index contributed by atoms with van der Waals surface area (Å²) in [7, 11) is 0. The lowest BCUT2D eigenvalue weighted by molar-refractivity contribution is 0.100. The van der Waals surface area contributed by atoms with Gasteiger partial charge in [0.2, 0.25) is 0 Å². The van der Waals surface area contributed by atoms with Gasteiger partial charge in [0.25, 0.3) is 5.91 Å². The number of carbonyl (C=O) groups excluding carboxylic acids is 1. The second-order valence-electron chi connectivity index (χ2n) is 12.0. The van der Waals surface area contributed by atoms with Crippen LogP contribution in [0.15, 0.2) is 79.1 Å². The molecule has 0 atom stereocenters. The molecule has 0 bridgehead atoms. The summed E-state index contributed by atoms with van der Waals surface area (Å²) in [6, 6.07) is 17.5.